The Labute approximate surface area is 133 Å². The molecule has 1 unspecified atom stereocenters. The molecule has 0 radical (unpaired) electrons. The van der Waals surface area contributed by atoms with E-state index in [4.69, 9.17) is 4.52 Å². The highest BCUT2D eigenvalue weighted by Gasteiger charge is 2.24. The normalized spacial score (nSPS) is 12.0. The number of carbonyl (C=O) groups excluding carboxylic acids is 2. The Hall–Kier alpha value is -2.68. The van der Waals surface area contributed by atoms with E-state index in [0.29, 0.717) is 11.6 Å². The zero-order valence-electron chi connectivity index (χ0n) is 13.5. The third kappa shape index (κ3) is 4.16. The minimum Gasteiger partial charge on any atom is -0.360 e. The molecule has 0 aliphatic carbocycles. The van der Waals surface area contributed by atoms with Crippen molar-refractivity contribution in [1.82, 2.24) is 25.2 Å². The lowest BCUT2D eigenvalue weighted by Gasteiger charge is -2.22. The number of rotatable bonds is 6. The van der Waals surface area contributed by atoms with Gasteiger partial charge in [0.1, 0.15) is 11.8 Å². The predicted octanol–water partition coefficient (Wildman–Crippen LogP) is 0.0741. The molecule has 0 aliphatic rings. The fraction of sp³-hybridized carbons (Fsp3) is 0.429. The van der Waals surface area contributed by atoms with Crippen molar-refractivity contribution in [2.75, 3.05) is 26.0 Å². The van der Waals surface area contributed by atoms with Crippen LogP contribution in [0, 0.1) is 6.92 Å². The number of aromatic nitrogens is 3. The average molecular weight is 320 g/mol. The Bertz CT molecular complexity index is 692. The first-order valence-corrected chi connectivity index (χ1v) is 7.04. The molecule has 124 valence electrons. The summed E-state index contributed by atoms with van der Waals surface area (Å²) in [6.45, 7) is 1.63. The van der Waals surface area contributed by atoms with Gasteiger partial charge in [-0.2, -0.15) is 5.10 Å². The Kier molecular flexibility index (Phi) is 5.12. The molecule has 2 rings (SSSR count). The summed E-state index contributed by atoms with van der Waals surface area (Å²) in [5.41, 5.74) is 0.736. The van der Waals surface area contributed by atoms with Crippen molar-refractivity contribution in [3.8, 4) is 0 Å². The molecule has 0 saturated carbocycles. The second kappa shape index (κ2) is 7.05. The van der Waals surface area contributed by atoms with Crippen LogP contribution in [0.4, 0.5) is 5.82 Å². The maximum Gasteiger partial charge on any atom is 0.245 e. The van der Waals surface area contributed by atoms with Crippen LogP contribution in [0.3, 0.4) is 0 Å². The molecule has 0 bridgehead atoms. The molecule has 0 aliphatic heterocycles. The summed E-state index contributed by atoms with van der Waals surface area (Å²) in [4.78, 5) is 25.8. The van der Waals surface area contributed by atoms with Gasteiger partial charge >= 0.3 is 0 Å². The van der Waals surface area contributed by atoms with Crippen LogP contribution in [0.15, 0.2) is 23.0 Å². The molecule has 9 nitrogen and oxygen atoms in total. The quantitative estimate of drug-likeness (QED) is 0.780. The van der Waals surface area contributed by atoms with Crippen molar-refractivity contribution in [2.24, 2.45) is 7.05 Å². The Balaban J connectivity index is 1.96. The average Bonchev–Trinajstić information content (AvgIpc) is 3.08. The minimum atomic E-state index is -0.559. The smallest absolute Gasteiger partial charge is 0.245 e. The fourth-order valence-electron chi connectivity index (χ4n) is 2.14. The summed E-state index contributed by atoms with van der Waals surface area (Å²) in [7, 11) is 5.02. The van der Waals surface area contributed by atoms with Crippen LogP contribution in [0.2, 0.25) is 0 Å². The van der Waals surface area contributed by atoms with Gasteiger partial charge in [0.25, 0.3) is 0 Å². The lowest BCUT2D eigenvalue weighted by Crippen LogP contribution is -2.41. The molecule has 9 heteroatoms. The number of nitrogens with zero attached hydrogens (tertiary/aromatic N) is 4. The Morgan fingerprint density at radius 1 is 1.48 bits per heavy atom. The number of hydrogen-bond donors (Lipinski definition) is 2. The van der Waals surface area contributed by atoms with Crippen LogP contribution in [0.25, 0.3) is 0 Å². The van der Waals surface area contributed by atoms with Crippen LogP contribution >= 0.6 is 0 Å². The first-order valence-electron chi connectivity index (χ1n) is 7.04. The van der Waals surface area contributed by atoms with Crippen LogP contribution in [-0.4, -0.2) is 52.3 Å². The molecule has 0 fully saturated rings. The molecule has 2 aromatic rings. The molecule has 0 aromatic carbocycles. The van der Waals surface area contributed by atoms with E-state index < -0.39 is 6.04 Å². The SMILES string of the molecule is CNC(C(=O)N(C)CC(=O)Nc1cc(C)on1)c1cnn(C)c1. The zero-order chi connectivity index (χ0) is 17.0. The van der Waals surface area contributed by atoms with E-state index in [0.717, 1.165) is 5.56 Å². The predicted molar refractivity (Wildman–Crippen MR) is 82.5 cm³/mol. The van der Waals surface area contributed by atoms with E-state index in [1.807, 2.05) is 0 Å². The van der Waals surface area contributed by atoms with Crippen molar-refractivity contribution in [3.05, 3.63) is 29.8 Å². The minimum absolute atomic E-state index is 0.0941. The summed E-state index contributed by atoms with van der Waals surface area (Å²) in [6, 6.07) is 1.04. The van der Waals surface area contributed by atoms with Crippen LogP contribution in [0.5, 0.6) is 0 Å². The van der Waals surface area contributed by atoms with Gasteiger partial charge in [0.15, 0.2) is 5.82 Å². The molecule has 2 N–H and O–H groups in total. The molecule has 2 aromatic heterocycles. The van der Waals surface area contributed by atoms with Crippen molar-refractivity contribution in [3.63, 3.8) is 0 Å². The van der Waals surface area contributed by atoms with E-state index in [9.17, 15) is 9.59 Å². The number of nitrogens with one attached hydrogen (secondary N) is 2. The third-order valence-electron chi connectivity index (χ3n) is 3.25. The van der Waals surface area contributed by atoms with Crippen LogP contribution < -0.4 is 10.6 Å². The van der Waals surface area contributed by atoms with Gasteiger partial charge in [0.2, 0.25) is 11.8 Å². The van der Waals surface area contributed by atoms with Crippen LogP contribution in [0.1, 0.15) is 17.4 Å². The Morgan fingerprint density at radius 2 is 2.22 bits per heavy atom. The van der Waals surface area contributed by atoms with E-state index in [-0.39, 0.29) is 18.4 Å². The highest BCUT2D eigenvalue weighted by atomic mass is 16.5. The van der Waals surface area contributed by atoms with E-state index >= 15 is 0 Å². The largest absolute Gasteiger partial charge is 0.360 e. The number of carbonyl (C=O) groups is 2. The summed E-state index contributed by atoms with van der Waals surface area (Å²) in [5.74, 6) is 0.338. The number of likely N-dealkylation sites (N-methyl/N-ethyl adjacent to an activating group) is 2. The molecule has 2 amide bonds. The number of aryl methyl sites for hydroxylation is 2. The highest BCUT2D eigenvalue weighted by Crippen LogP contribution is 2.14. The van der Waals surface area contributed by atoms with Gasteiger partial charge in [-0.15, -0.1) is 0 Å². The van der Waals surface area contributed by atoms with Gasteiger partial charge in [-0.25, -0.2) is 0 Å². The summed E-state index contributed by atoms with van der Waals surface area (Å²) in [5, 5.41) is 13.2. The van der Waals surface area contributed by atoms with E-state index in [2.05, 4.69) is 20.9 Å². The second-order valence-electron chi connectivity index (χ2n) is 5.23. The van der Waals surface area contributed by atoms with Crippen molar-refractivity contribution >= 4 is 17.6 Å². The number of anilines is 1. The molecule has 2 heterocycles. The fourth-order valence-corrected chi connectivity index (χ4v) is 2.14. The first-order chi connectivity index (χ1) is 10.9. The van der Waals surface area contributed by atoms with Crippen LogP contribution in [-0.2, 0) is 16.6 Å². The third-order valence-corrected chi connectivity index (χ3v) is 3.25. The van der Waals surface area contributed by atoms with Gasteiger partial charge in [0, 0.05) is 31.9 Å². The molecular formula is C14H20N6O3. The zero-order valence-corrected chi connectivity index (χ0v) is 13.5. The molecule has 1 atom stereocenters. The summed E-state index contributed by atoms with van der Waals surface area (Å²) < 4.78 is 6.49. The topological polar surface area (TPSA) is 105 Å². The van der Waals surface area contributed by atoms with Crippen molar-refractivity contribution < 1.29 is 14.1 Å². The van der Waals surface area contributed by atoms with Crippen molar-refractivity contribution in [1.29, 1.82) is 0 Å². The standard InChI is InChI=1S/C14H20N6O3/c1-9-5-11(18-23-9)17-12(21)8-19(3)14(22)13(15-2)10-6-16-20(4)7-10/h5-7,13,15H,8H2,1-4H3,(H,17,18,21). The highest BCUT2D eigenvalue weighted by molar-refractivity contribution is 5.94. The molecular weight excluding hydrogens is 300 g/mol. The van der Waals surface area contributed by atoms with Gasteiger partial charge in [-0.1, -0.05) is 5.16 Å². The lowest BCUT2D eigenvalue weighted by atomic mass is 10.1. The van der Waals surface area contributed by atoms with Gasteiger partial charge in [-0.05, 0) is 14.0 Å². The summed E-state index contributed by atoms with van der Waals surface area (Å²) in [6.07, 6.45) is 3.37. The number of amides is 2. The maximum absolute atomic E-state index is 12.5. The van der Waals surface area contributed by atoms with Gasteiger partial charge in [-0.3, -0.25) is 14.3 Å². The van der Waals surface area contributed by atoms with E-state index in [1.54, 1.807) is 51.2 Å². The second-order valence-corrected chi connectivity index (χ2v) is 5.23. The number of hydrogen-bond acceptors (Lipinski definition) is 6. The summed E-state index contributed by atoms with van der Waals surface area (Å²) >= 11 is 0. The first kappa shape index (κ1) is 16.7. The van der Waals surface area contributed by atoms with Crippen molar-refractivity contribution in [2.45, 2.75) is 13.0 Å². The van der Waals surface area contributed by atoms with E-state index in [1.165, 1.54) is 4.90 Å². The lowest BCUT2D eigenvalue weighted by molar-refractivity contribution is -0.135. The maximum atomic E-state index is 12.5. The molecule has 0 spiro atoms. The molecule has 23 heavy (non-hydrogen) atoms. The Morgan fingerprint density at radius 3 is 2.74 bits per heavy atom. The molecule has 0 saturated heterocycles. The van der Waals surface area contributed by atoms with Gasteiger partial charge < -0.3 is 20.1 Å². The monoisotopic (exact) mass is 320 g/mol. The van der Waals surface area contributed by atoms with Gasteiger partial charge in [0.05, 0.1) is 12.7 Å².